The van der Waals surface area contributed by atoms with Crippen molar-refractivity contribution >= 4 is 15.9 Å². The van der Waals surface area contributed by atoms with Crippen molar-refractivity contribution in [1.29, 1.82) is 0 Å². The second-order valence-corrected chi connectivity index (χ2v) is 9.75. The molecular weight excluding hydrogens is 391 g/mol. The van der Waals surface area contributed by atoms with Gasteiger partial charge in [-0.1, -0.05) is 42.5 Å². The van der Waals surface area contributed by atoms with Crippen molar-refractivity contribution in [2.45, 2.75) is 36.6 Å². The fourth-order valence-corrected chi connectivity index (χ4v) is 5.52. The quantitative estimate of drug-likeness (QED) is 0.784. The molecule has 2 aromatic carbocycles. The number of halogens is 1. The van der Waals surface area contributed by atoms with E-state index in [4.69, 9.17) is 0 Å². The summed E-state index contributed by atoms with van der Waals surface area (Å²) in [5.41, 5.74) is 1.11. The molecule has 2 aliphatic rings. The van der Waals surface area contributed by atoms with E-state index in [1.807, 2.05) is 30.3 Å². The average molecular weight is 417 g/mol. The van der Waals surface area contributed by atoms with Crippen LogP contribution >= 0.6 is 0 Å². The van der Waals surface area contributed by atoms with Gasteiger partial charge in [0, 0.05) is 19.0 Å². The number of sulfonamides is 1. The van der Waals surface area contributed by atoms with E-state index >= 15 is 0 Å². The molecule has 154 valence electrons. The molecule has 2 fully saturated rings. The van der Waals surface area contributed by atoms with Crippen molar-refractivity contribution in [3.05, 3.63) is 66.0 Å². The van der Waals surface area contributed by atoms with E-state index in [0.717, 1.165) is 24.5 Å². The first-order chi connectivity index (χ1) is 14.0. The molecule has 4 rings (SSSR count). The maximum absolute atomic E-state index is 14.0. The molecule has 5 nitrogen and oxygen atoms in total. The average Bonchev–Trinajstić information content (AvgIpc) is 3.58. The Hall–Kier alpha value is -2.25. The highest BCUT2D eigenvalue weighted by Gasteiger charge is 2.37. The summed E-state index contributed by atoms with van der Waals surface area (Å²) in [6.45, 7) is 0.433. The SMILES string of the molecule is O=C(N[C@@H](c1ccccc1)C1CC1)C1CCN(S(=O)(=O)c2ccccc2F)CC1. The van der Waals surface area contributed by atoms with Crippen molar-refractivity contribution in [1.82, 2.24) is 9.62 Å². The second kappa shape index (κ2) is 8.24. The van der Waals surface area contributed by atoms with Crippen LogP contribution in [0.1, 0.15) is 37.3 Å². The lowest BCUT2D eigenvalue weighted by Gasteiger charge is -2.31. The number of rotatable bonds is 6. The van der Waals surface area contributed by atoms with E-state index in [2.05, 4.69) is 5.32 Å². The van der Waals surface area contributed by atoms with Gasteiger partial charge in [-0.3, -0.25) is 4.79 Å². The van der Waals surface area contributed by atoms with Crippen LogP contribution in [-0.4, -0.2) is 31.7 Å². The van der Waals surface area contributed by atoms with Gasteiger partial charge in [-0.25, -0.2) is 12.8 Å². The van der Waals surface area contributed by atoms with Crippen LogP contribution in [0.3, 0.4) is 0 Å². The molecule has 1 saturated heterocycles. The number of piperidine rings is 1. The molecule has 1 heterocycles. The molecule has 1 N–H and O–H groups in total. The van der Waals surface area contributed by atoms with Crippen LogP contribution in [0.2, 0.25) is 0 Å². The lowest BCUT2D eigenvalue weighted by atomic mass is 9.95. The number of nitrogens with one attached hydrogen (secondary N) is 1. The molecule has 0 radical (unpaired) electrons. The third-order valence-corrected chi connectivity index (χ3v) is 7.76. The summed E-state index contributed by atoms with van der Waals surface area (Å²) in [5.74, 6) is -0.522. The third kappa shape index (κ3) is 4.36. The lowest BCUT2D eigenvalue weighted by molar-refractivity contribution is -0.127. The number of benzene rings is 2. The van der Waals surface area contributed by atoms with Crippen LogP contribution in [0.4, 0.5) is 4.39 Å². The molecule has 29 heavy (non-hydrogen) atoms. The molecule has 7 heteroatoms. The highest BCUT2D eigenvalue weighted by molar-refractivity contribution is 7.89. The number of hydrogen-bond acceptors (Lipinski definition) is 3. The molecule has 0 spiro atoms. The van der Waals surface area contributed by atoms with Gasteiger partial charge in [0.25, 0.3) is 0 Å². The van der Waals surface area contributed by atoms with Crippen LogP contribution in [0.25, 0.3) is 0 Å². The summed E-state index contributed by atoms with van der Waals surface area (Å²) in [6, 6.07) is 15.4. The van der Waals surface area contributed by atoms with Gasteiger partial charge in [-0.2, -0.15) is 4.31 Å². The molecule has 1 saturated carbocycles. The number of amides is 1. The largest absolute Gasteiger partial charge is 0.349 e. The molecule has 0 unspecified atom stereocenters. The third-order valence-electron chi connectivity index (χ3n) is 5.83. The Labute approximate surface area is 171 Å². The monoisotopic (exact) mass is 416 g/mol. The van der Waals surface area contributed by atoms with E-state index in [-0.39, 0.29) is 35.9 Å². The summed E-state index contributed by atoms with van der Waals surface area (Å²) < 4.78 is 40.7. The topological polar surface area (TPSA) is 66.5 Å². The number of carbonyl (C=O) groups is 1. The van der Waals surface area contributed by atoms with E-state index in [1.54, 1.807) is 0 Å². The highest BCUT2D eigenvalue weighted by atomic mass is 32.2. The van der Waals surface area contributed by atoms with Crippen LogP contribution < -0.4 is 5.32 Å². The van der Waals surface area contributed by atoms with E-state index < -0.39 is 15.8 Å². The first-order valence-electron chi connectivity index (χ1n) is 10.1. The Morgan fingerprint density at radius 1 is 0.966 bits per heavy atom. The van der Waals surface area contributed by atoms with Crippen LogP contribution in [-0.2, 0) is 14.8 Å². The predicted molar refractivity (Wildman–Crippen MR) is 108 cm³/mol. The molecule has 0 aromatic heterocycles. The first kappa shape index (κ1) is 20.0. The van der Waals surface area contributed by atoms with Crippen LogP contribution in [0.15, 0.2) is 59.5 Å². The fraction of sp³-hybridized carbons (Fsp3) is 0.409. The van der Waals surface area contributed by atoms with Crippen molar-refractivity contribution < 1.29 is 17.6 Å². The zero-order chi connectivity index (χ0) is 20.4. The number of hydrogen-bond donors (Lipinski definition) is 1. The minimum Gasteiger partial charge on any atom is -0.349 e. The Bertz CT molecular complexity index is 969. The molecule has 1 amide bonds. The number of carbonyl (C=O) groups excluding carboxylic acids is 1. The normalized spacial score (nSPS) is 19.6. The standard InChI is InChI=1S/C22H25FN2O3S/c23-19-8-4-5-9-20(19)29(27,28)25-14-12-18(13-15-25)22(26)24-21(17-10-11-17)16-6-2-1-3-7-16/h1-9,17-18,21H,10-15H2,(H,24,26)/t21-/m0/s1. The number of nitrogens with zero attached hydrogens (tertiary/aromatic N) is 1. The van der Waals surface area contributed by atoms with Crippen molar-refractivity contribution in [2.24, 2.45) is 11.8 Å². The minimum atomic E-state index is -3.88. The van der Waals surface area contributed by atoms with E-state index in [1.165, 1.54) is 22.5 Å². The Kier molecular flexibility index (Phi) is 5.69. The summed E-state index contributed by atoms with van der Waals surface area (Å²) in [6.07, 6.45) is 3.09. The zero-order valence-corrected chi connectivity index (χ0v) is 16.9. The van der Waals surface area contributed by atoms with E-state index in [0.29, 0.717) is 18.8 Å². The van der Waals surface area contributed by atoms with Gasteiger partial charge >= 0.3 is 0 Å². The zero-order valence-electron chi connectivity index (χ0n) is 16.1. The Morgan fingerprint density at radius 2 is 1.59 bits per heavy atom. The molecule has 1 atom stereocenters. The first-order valence-corrected chi connectivity index (χ1v) is 11.5. The van der Waals surface area contributed by atoms with Gasteiger partial charge in [0.05, 0.1) is 6.04 Å². The summed E-state index contributed by atoms with van der Waals surface area (Å²) in [5, 5.41) is 3.19. The molecule has 1 aliphatic carbocycles. The van der Waals surface area contributed by atoms with Gasteiger partial charge in [-0.05, 0) is 49.3 Å². The Morgan fingerprint density at radius 3 is 2.21 bits per heavy atom. The maximum atomic E-state index is 14.0. The Balaban J connectivity index is 1.39. The van der Waals surface area contributed by atoms with Gasteiger partial charge < -0.3 is 5.32 Å². The second-order valence-electron chi connectivity index (χ2n) is 7.84. The summed E-state index contributed by atoms with van der Waals surface area (Å²) in [4.78, 5) is 12.6. The van der Waals surface area contributed by atoms with Gasteiger partial charge in [0.15, 0.2) is 0 Å². The summed E-state index contributed by atoms with van der Waals surface area (Å²) >= 11 is 0. The molecule has 2 aromatic rings. The fourth-order valence-electron chi connectivity index (χ4n) is 3.99. The van der Waals surface area contributed by atoms with Gasteiger partial charge in [0.2, 0.25) is 15.9 Å². The smallest absolute Gasteiger partial charge is 0.245 e. The molecule has 1 aliphatic heterocycles. The van der Waals surface area contributed by atoms with Gasteiger partial charge in [0.1, 0.15) is 10.7 Å². The predicted octanol–water partition coefficient (Wildman–Crippen LogP) is 3.49. The maximum Gasteiger partial charge on any atom is 0.245 e. The van der Waals surface area contributed by atoms with Crippen molar-refractivity contribution in [3.63, 3.8) is 0 Å². The van der Waals surface area contributed by atoms with Crippen molar-refractivity contribution in [2.75, 3.05) is 13.1 Å². The van der Waals surface area contributed by atoms with Crippen LogP contribution in [0, 0.1) is 17.7 Å². The van der Waals surface area contributed by atoms with Crippen LogP contribution in [0.5, 0.6) is 0 Å². The lowest BCUT2D eigenvalue weighted by Crippen LogP contribution is -2.44. The molecular formula is C22H25FN2O3S. The highest BCUT2D eigenvalue weighted by Crippen LogP contribution is 2.41. The summed E-state index contributed by atoms with van der Waals surface area (Å²) in [7, 11) is -3.88. The van der Waals surface area contributed by atoms with Gasteiger partial charge in [-0.15, -0.1) is 0 Å². The molecule has 0 bridgehead atoms. The van der Waals surface area contributed by atoms with Crippen molar-refractivity contribution in [3.8, 4) is 0 Å². The van der Waals surface area contributed by atoms with E-state index in [9.17, 15) is 17.6 Å². The minimum absolute atomic E-state index is 0.0175.